The van der Waals surface area contributed by atoms with Gasteiger partial charge in [-0.25, -0.2) is 9.97 Å². The van der Waals surface area contributed by atoms with E-state index < -0.39 is 5.91 Å². The van der Waals surface area contributed by atoms with Gasteiger partial charge < -0.3 is 23.9 Å². The maximum absolute atomic E-state index is 12.8. The molecule has 1 amide bonds. The molecule has 0 unspecified atom stereocenters. The van der Waals surface area contributed by atoms with Crippen LogP contribution in [0.5, 0.6) is 17.2 Å². The van der Waals surface area contributed by atoms with E-state index in [1.54, 1.807) is 48.7 Å². The lowest BCUT2D eigenvalue weighted by molar-refractivity contribution is 0.102. The van der Waals surface area contributed by atoms with E-state index in [0.29, 0.717) is 51.4 Å². The summed E-state index contributed by atoms with van der Waals surface area (Å²) in [6.45, 7) is 0. The molecule has 4 rings (SSSR count). The molecular formula is C21H18N4O5. The molecule has 1 N–H and O–H groups in total. The molecule has 0 spiro atoms. The van der Waals surface area contributed by atoms with E-state index in [-0.39, 0.29) is 0 Å². The summed E-state index contributed by atoms with van der Waals surface area (Å²) in [6.07, 6.45) is 1.64. The summed E-state index contributed by atoms with van der Waals surface area (Å²) in [7, 11) is 4.47. The molecule has 0 bridgehead atoms. The van der Waals surface area contributed by atoms with Gasteiger partial charge in [0.2, 0.25) is 11.6 Å². The highest BCUT2D eigenvalue weighted by molar-refractivity contribution is 6.04. The molecule has 0 atom stereocenters. The number of benzene rings is 1. The molecule has 9 nitrogen and oxygen atoms in total. The lowest BCUT2D eigenvalue weighted by Crippen LogP contribution is -2.13. The Labute approximate surface area is 171 Å². The number of anilines is 1. The fraction of sp³-hybridized carbons (Fsp3) is 0.143. The Bertz CT molecular complexity index is 1160. The third kappa shape index (κ3) is 3.60. The maximum atomic E-state index is 12.8. The molecule has 1 aromatic carbocycles. The summed E-state index contributed by atoms with van der Waals surface area (Å²) < 4.78 is 21.6. The van der Waals surface area contributed by atoms with Crippen LogP contribution in [0.15, 0.2) is 53.1 Å². The first-order valence-electron chi connectivity index (χ1n) is 8.93. The van der Waals surface area contributed by atoms with Crippen LogP contribution in [0, 0.1) is 0 Å². The van der Waals surface area contributed by atoms with Crippen LogP contribution in [-0.4, -0.2) is 42.2 Å². The highest BCUT2D eigenvalue weighted by Gasteiger charge is 2.18. The zero-order valence-corrected chi connectivity index (χ0v) is 16.5. The maximum Gasteiger partial charge on any atom is 0.257 e. The van der Waals surface area contributed by atoms with Gasteiger partial charge in [0.25, 0.3) is 5.91 Å². The van der Waals surface area contributed by atoms with E-state index in [9.17, 15) is 4.79 Å². The lowest BCUT2D eigenvalue weighted by atomic mass is 10.1. The molecule has 0 saturated heterocycles. The molecule has 3 heterocycles. The van der Waals surface area contributed by atoms with Gasteiger partial charge in [-0.3, -0.25) is 4.79 Å². The molecule has 0 aliphatic rings. The van der Waals surface area contributed by atoms with E-state index >= 15 is 0 Å². The number of pyridine rings is 2. The van der Waals surface area contributed by atoms with Crippen LogP contribution >= 0.6 is 0 Å². The van der Waals surface area contributed by atoms with Crippen molar-refractivity contribution < 1.29 is 23.4 Å². The van der Waals surface area contributed by atoms with Crippen LogP contribution in [0.4, 0.5) is 5.82 Å². The molecular weight excluding hydrogens is 388 g/mol. The number of rotatable bonds is 6. The molecule has 3 aromatic heterocycles. The molecule has 0 fully saturated rings. The highest BCUT2D eigenvalue weighted by atomic mass is 16.5. The minimum Gasteiger partial charge on any atom is -0.493 e. The second kappa shape index (κ2) is 8.08. The average Bonchev–Trinajstić information content (AvgIpc) is 3.22. The summed E-state index contributed by atoms with van der Waals surface area (Å²) in [4.78, 5) is 25.7. The smallest absolute Gasteiger partial charge is 0.257 e. The zero-order valence-electron chi connectivity index (χ0n) is 16.5. The van der Waals surface area contributed by atoms with Crippen molar-refractivity contribution in [1.82, 2.24) is 15.0 Å². The quantitative estimate of drug-likeness (QED) is 0.518. The molecule has 0 aliphatic carbocycles. The van der Waals surface area contributed by atoms with Crippen LogP contribution in [-0.2, 0) is 0 Å². The molecule has 4 aromatic rings. The molecule has 9 heteroatoms. The van der Waals surface area contributed by atoms with Crippen molar-refractivity contribution in [3.05, 3.63) is 54.2 Å². The number of carbonyl (C=O) groups excluding carboxylic acids is 1. The van der Waals surface area contributed by atoms with Gasteiger partial charge in [0.05, 0.1) is 21.3 Å². The standard InChI is InChI=1S/C21H18N4O5/c1-27-15-10-12(11-16(28-2)18(15)29-3)20(26)24-17-8-4-6-13(23-17)21-25-19-14(30-21)7-5-9-22-19/h4-11H,1-3H3,(H,23,24,26). The molecule has 30 heavy (non-hydrogen) atoms. The molecule has 0 aliphatic heterocycles. The Balaban J connectivity index is 1.62. The second-order valence-electron chi connectivity index (χ2n) is 6.12. The van der Waals surface area contributed by atoms with Crippen molar-refractivity contribution >= 4 is 23.0 Å². The van der Waals surface area contributed by atoms with E-state index in [0.717, 1.165) is 0 Å². The van der Waals surface area contributed by atoms with Crippen molar-refractivity contribution in [2.24, 2.45) is 0 Å². The first-order valence-corrected chi connectivity index (χ1v) is 8.93. The van der Waals surface area contributed by atoms with Crippen molar-refractivity contribution in [2.45, 2.75) is 0 Å². The SMILES string of the molecule is COc1cc(C(=O)Nc2cccc(-c3nc4ncccc4o3)n2)cc(OC)c1OC. The summed E-state index contributed by atoms with van der Waals surface area (Å²) in [5.74, 6) is 1.42. The number of ether oxygens (including phenoxy) is 3. The third-order valence-electron chi connectivity index (χ3n) is 4.30. The predicted molar refractivity (Wildman–Crippen MR) is 109 cm³/mol. The molecule has 152 valence electrons. The predicted octanol–water partition coefficient (Wildman–Crippen LogP) is 3.56. The van der Waals surface area contributed by atoms with Gasteiger partial charge in [0, 0.05) is 11.8 Å². The van der Waals surface area contributed by atoms with E-state index in [1.165, 1.54) is 21.3 Å². The fourth-order valence-electron chi connectivity index (χ4n) is 2.90. The number of aromatic nitrogens is 3. The van der Waals surface area contributed by atoms with Crippen LogP contribution in [0.1, 0.15) is 10.4 Å². The summed E-state index contributed by atoms with van der Waals surface area (Å²) >= 11 is 0. The van der Waals surface area contributed by atoms with Crippen LogP contribution < -0.4 is 19.5 Å². The number of hydrogen-bond donors (Lipinski definition) is 1. The van der Waals surface area contributed by atoms with Gasteiger partial charge in [-0.2, -0.15) is 4.98 Å². The average molecular weight is 406 g/mol. The Morgan fingerprint density at radius 1 is 0.967 bits per heavy atom. The second-order valence-corrected chi connectivity index (χ2v) is 6.12. The Hall–Kier alpha value is -4.14. The first-order chi connectivity index (χ1) is 14.6. The molecule has 0 radical (unpaired) electrons. The Morgan fingerprint density at radius 3 is 2.40 bits per heavy atom. The minimum atomic E-state index is -0.391. The molecule has 0 saturated carbocycles. The largest absolute Gasteiger partial charge is 0.493 e. The number of nitrogens with one attached hydrogen (secondary N) is 1. The number of oxazole rings is 1. The van der Waals surface area contributed by atoms with Gasteiger partial charge >= 0.3 is 0 Å². The third-order valence-corrected chi connectivity index (χ3v) is 4.30. The summed E-state index contributed by atoms with van der Waals surface area (Å²) in [5, 5.41) is 2.76. The van der Waals surface area contributed by atoms with Gasteiger partial charge in [0.15, 0.2) is 22.7 Å². The van der Waals surface area contributed by atoms with Gasteiger partial charge in [-0.1, -0.05) is 6.07 Å². The first kappa shape index (κ1) is 19.2. The van der Waals surface area contributed by atoms with E-state index in [2.05, 4.69) is 20.3 Å². The van der Waals surface area contributed by atoms with Crippen molar-refractivity contribution in [3.63, 3.8) is 0 Å². The van der Waals surface area contributed by atoms with Gasteiger partial charge in [-0.05, 0) is 36.4 Å². The van der Waals surface area contributed by atoms with Crippen molar-refractivity contribution in [3.8, 4) is 28.8 Å². The Kier molecular flexibility index (Phi) is 5.17. The summed E-state index contributed by atoms with van der Waals surface area (Å²) in [5.41, 5.74) is 1.83. The minimum absolute atomic E-state index is 0.313. The fourth-order valence-corrected chi connectivity index (χ4v) is 2.90. The van der Waals surface area contributed by atoms with Crippen molar-refractivity contribution in [1.29, 1.82) is 0 Å². The van der Waals surface area contributed by atoms with E-state index in [4.69, 9.17) is 18.6 Å². The summed E-state index contributed by atoms with van der Waals surface area (Å²) in [6, 6.07) is 11.8. The Morgan fingerprint density at radius 2 is 1.73 bits per heavy atom. The van der Waals surface area contributed by atoms with Crippen LogP contribution in [0.2, 0.25) is 0 Å². The number of amides is 1. The number of methoxy groups -OCH3 is 3. The lowest BCUT2D eigenvalue weighted by Gasteiger charge is -2.14. The van der Waals surface area contributed by atoms with Crippen molar-refractivity contribution in [2.75, 3.05) is 26.6 Å². The van der Waals surface area contributed by atoms with Crippen LogP contribution in [0.3, 0.4) is 0 Å². The van der Waals surface area contributed by atoms with Gasteiger partial charge in [-0.15, -0.1) is 0 Å². The number of carbonyl (C=O) groups is 1. The number of hydrogen-bond acceptors (Lipinski definition) is 8. The van der Waals surface area contributed by atoms with Gasteiger partial charge in [0.1, 0.15) is 11.5 Å². The number of nitrogens with zero attached hydrogens (tertiary/aromatic N) is 3. The normalized spacial score (nSPS) is 10.6. The monoisotopic (exact) mass is 406 g/mol. The van der Waals surface area contributed by atoms with Crippen LogP contribution in [0.25, 0.3) is 22.8 Å². The number of fused-ring (bicyclic) bond motifs is 1. The van der Waals surface area contributed by atoms with E-state index in [1.807, 2.05) is 0 Å². The highest BCUT2D eigenvalue weighted by Crippen LogP contribution is 2.38. The topological polar surface area (TPSA) is 109 Å². The zero-order chi connectivity index (χ0) is 21.1.